The maximum Gasteiger partial charge on any atom is 0.246 e. The van der Waals surface area contributed by atoms with Crippen molar-refractivity contribution in [1.29, 1.82) is 0 Å². The van der Waals surface area contributed by atoms with Crippen LogP contribution in [0.3, 0.4) is 0 Å². The van der Waals surface area contributed by atoms with E-state index in [1.165, 1.54) is 12.1 Å². The Labute approximate surface area is 138 Å². The van der Waals surface area contributed by atoms with Crippen LogP contribution in [0.25, 0.3) is 0 Å². The molecule has 0 radical (unpaired) electrons. The van der Waals surface area contributed by atoms with Gasteiger partial charge in [0.2, 0.25) is 11.8 Å². The Morgan fingerprint density at radius 3 is 2.75 bits per heavy atom. The number of carbonyl (C=O) groups excluding carboxylic acids is 2. The molecule has 1 fully saturated rings. The van der Waals surface area contributed by atoms with Crippen molar-refractivity contribution in [1.82, 2.24) is 5.32 Å². The Morgan fingerprint density at radius 2 is 2.04 bits per heavy atom. The summed E-state index contributed by atoms with van der Waals surface area (Å²) in [5.74, 6) is -0.0434. The zero-order valence-electron chi connectivity index (χ0n) is 12.9. The average Bonchev–Trinajstić information content (AvgIpc) is 3.01. The number of rotatable bonds is 5. The summed E-state index contributed by atoms with van der Waals surface area (Å²) in [6.07, 6.45) is 0.879. The van der Waals surface area contributed by atoms with E-state index < -0.39 is 6.04 Å². The van der Waals surface area contributed by atoms with Crippen molar-refractivity contribution in [2.75, 3.05) is 5.32 Å². The fraction of sp³-hybridized carbons (Fsp3) is 0.222. The van der Waals surface area contributed by atoms with E-state index >= 15 is 0 Å². The van der Waals surface area contributed by atoms with Crippen molar-refractivity contribution in [3.05, 3.63) is 59.9 Å². The first-order valence-electron chi connectivity index (χ1n) is 7.68. The standard InChI is InChI=1S/C18H17FN2O3/c19-13-6-4-12(5-7-13)11-24-15-3-1-2-14(10-15)20-18(23)16-8-9-17(22)21-16/h1-7,10,16H,8-9,11H2,(H,20,23)(H,21,22)/t16-/m0/s1. The third-order valence-corrected chi connectivity index (χ3v) is 3.73. The maximum absolute atomic E-state index is 12.9. The van der Waals surface area contributed by atoms with Crippen molar-refractivity contribution in [3.8, 4) is 5.75 Å². The summed E-state index contributed by atoms with van der Waals surface area (Å²) < 4.78 is 18.5. The average molecular weight is 328 g/mol. The van der Waals surface area contributed by atoms with Gasteiger partial charge >= 0.3 is 0 Å². The number of ether oxygens (including phenoxy) is 1. The SMILES string of the molecule is O=C1CC[C@@H](C(=O)Nc2cccc(OCc3ccc(F)cc3)c2)N1. The molecule has 1 aliphatic heterocycles. The largest absolute Gasteiger partial charge is 0.489 e. The van der Waals surface area contributed by atoms with Crippen LogP contribution in [0, 0.1) is 5.82 Å². The Bertz CT molecular complexity index is 746. The van der Waals surface area contributed by atoms with E-state index in [1.807, 2.05) is 0 Å². The van der Waals surface area contributed by atoms with Crippen molar-refractivity contribution in [2.45, 2.75) is 25.5 Å². The van der Waals surface area contributed by atoms with Crippen LogP contribution in [-0.2, 0) is 16.2 Å². The van der Waals surface area contributed by atoms with E-state index in [4.69, 9.17) is 4.74 Å². The molecule has 2 aromatic rings. The normalized spacial score (nSPS) is 16.5. The molecule has 6 heteroatoms. The third kappa shape index (κ3) is 4.10. The van der Waals surface area contributed by atoms with Gasteiger partial charge in [-0.05, 0) is 36.2 Å². The van der Waals surface area contributed by atoms with Gasteiger partial charge in [0.15, 0.2) is 0 Å². The van der Waals surface area contributed by atoms with E-state index in [1.54, 1.807) is 36.4 Å². The molecule has 1 saturated heterocycles. The summed E-state index contributed by atoms with van der Waals surface area (Å²) in [5, 5.41) is 5.39. The summed E-state index contributed by atoms with van der Waals surface area (Å²) in [7, 11) is 0. The fourth-order valence-corrected chi connectivity index (χ4v) is 2.45. The van der Waals surface area contributed by atoms with E-state index in [2.05, 4.69) is 10.6 Å². The molecule has 0 saturated carbocycles. The van der Waals surface area contributed by atoms with Crippen molar-refractivity contribution < 1.29 is 18.7 Å². The van der Waals surface area contributed by atoms with E-state index in [0.29, 0.717) is 30.9 Å². The van der Waals surface area contributed by atoms with Crippen LogP contribution in [0.5, 0.6) is 5.75 Å². The summed E-state index contributed by atoms with van der Waals surface area (Å²) >= 11 is 0. The summed E-state index contributed by atoms with van der Waals surface area (Å²) in [6.45, 7) is 0.302. The van der Waals surface area contributed by atoms with Crippen molar-refractivity contribution >= 4 is 17.5 Å². The van der Waals surface area contributed by atoms with Gasteiger partial charge in [0, 0.05) is 18.2 Å². The third-order valence-electron chi connectivity index (χ3n) is 3.73. The Hall–Kier alpha value is -2.89. The van der Waals surface area contributed by atoms with Gasteiger partial charge in [0.1, 0.15) is 24.2 Å². The van der Waals surface area contributed by atoms with Gasteiger partial charge in [-0.15, -0.1) is 0 Å². The molecule has 1 atom stereocenters. The maximum atomic E-state index is 12.9. The lowest BCUT2D eigenvalue weighted by molar-refractivity contribution is -0.122. The van der Waals surface area contributed by atoms with Crippen LogP contribution >= 0.6 is 0 Å². The number of hydrogen-bond donors (Lipinski definition) is 2. The van der Waals surface area contributed by atoms with Crippen molar-refractivity contribution in [3.63, 3.8) is 0 Å². The van der Waals surface area contributed by atoms with Gasteiger partial charge in [0.25, 0.3) is 0 Å². The first-order valence-corrected chi connectivity index (χ1v) is 7.68. The molecule has 0 aliphatic carbocycles. The smallest absolute Gasteiger partial charge is 0.246 e. The molecule has 124 valence electrons. The van der Waals surface area contributed by atoms with Crippen molar-refractivity contribution in [2.24, 2.45) is 0 Å². The summed E-state index contributed by atoms with van der Waals surface area (Å²) in [6, 6.07) is 12.6. The molecular formula is C18H17FN2O3. The second-order valence-corrected chi connectivity index (χ2v) is 5.59. The predicted octanol–water partition coefficient (Wildman–Crippen LogP) is 2.62. The van der Waals surface area contributed by atoms with E-state index in [-0.39, 0.29) is 17.6 Å². The van der Waals surface area contributed by atoms with Gasteiger partial charge < -0.3 is 15.4 Å². The molecule has 1 aliphatic rings. The number of amides is 2. The van der Waals surface area contributed by atoms with Gasteiger partial charge in [-0.2, -0.15) is 0 Å². The topological polar surface area (TPSA) is 67.4 Å². The molecule has 0 aromatic heterocycles. The molecule has 2 amide bonds. The van der Waals surface area contributed by atoms with Crippen LogP contribution < -0.4 is 15.4 Å². The number of carbonyl (C=O) groups is 2. The molecule has 2 aromatic carbocycles. The minimum Gasteiger partial charge on any atom is -0.489 e. The number of nitrogens with one attached hydrogen (secondary N) is 2. The lowest BCUT2D eigenvalue weighted by Crippen LogP contribution is -2.37. The summed E-state index contributed by atoms with van der Waals surface area (Å²) in [5.41, 5.74) is 1.44. The molecular weight excluding hydrogens is 311 g/mol. The molecule has 24 heavy (non-hydrogen) atoms. The van der Waals surface area contributed by atoms with Crippen LogP contribution in [0.2, 0.25) is 0 Å². The second kappa shape index (κ2) is 7.12. The Balaban J connectivity index is 1.58. The Morgan fingerprint density at radius 1 is 1.25 bits per heavy atom. The minimum absolute atomic E-state index is 0.105. The highest BCUT2D eigenvalue weighted by molar-refractivity contribution is 5.99. The molecule has 0 bridgehead atoms. The zero-order valence-corrected chi connectivity index (χ0v) is 12.9. The lowest BCUT2D eigenvalue weighted by Gasteiger charge is -2.12. The predicted molar refractivity (Wildman–Crippen MR) is 87.0 cm³/mol. The monoisotopic (exact) mass is 328 g/mol. The van der Waals surface area contributed by atoms with E-state index in [0.717, 1.165) is 5.56 Å². The number of benzene rings is 2. The van der Waals surface area contributed by atoms with Gasteiger partial charge in [-0.3, -0.25) is 9.59 Å². The van der Waals surface area contributed by atoms with Crippen LogP contribution in [0.1, 0.15) is 18.4 Å². The minimum atomic E-state index is -0.485. The van der Waals surface area contributed by atoms with Crippen LogP contribution in [-0.4, -0.2) is 17.9 Å². The molecule has 0 spiro atoms. The van der Waals surface area contributed by atoms with Gasteiger partial charge in [-0.25, -0.2) is 4.39 Å². The second-order valence-electron chi connectivity index (χ2n) is 5.59. The molecule has 2 N–H and O–H groups in total. The summed E-state index contributed by atoms with van der Waals surface area (Å²) in [4.78, 5) is 23.3. The lowest BCUT2D eigenvalue weighted by atomic mass is 10.2. The fourth-order valence-electron chi connectivity index (χ4n) is 2.45. The Kier molecular flexibility index (Phi) is 4.74. The van der Waals surface area contributed by atoms with E-state index in [9.17, 15) is 14.0 Å². The number of halogens is 1. The number of hydrogen-bond acceptors (Lipinski definition) is 3. The van der Waals surface area contributed by atoms with Gasteiger partial charge in [0.05, 0.1) is 0 Å². The highest BCUT2D eigenvalue weighted by Crippen LogP contribution is 2.19. The molecule has 5 nitrogen and oxygen atoms in total. The quantitative estimate of drug-likeness (QED) is 0.886. The first-order chi connectivity index (χ1) is 11.6. The number of anilines is 1. The molecule has 0 unspecified atom stereocenters. The first kappa shape index (κ1) is 16.0. The highest BCUT2D eigenvalue weighted by Gasteiger charge is 2.27. The van der Waals surface area contributed by atoms with Crippen LogP contribution in [0.15, 0.2) is 48.5 Å². The highest BCUT2D eigenvalue weighted by atomic mass is 19.1. The van der Waals surface area contributed by atoms with Crippen LogP contribution in [0.4, 0.5) is 10.1 Å². The zero-order chi connectivity index (χ0) is 16.9. The molecule has 1 heterocycles. The van der Waals surface area contributed by atoms with Gasteiger partial charge in [-0.1, -0.05) is 18.2 Å². The molecule has 3 rings (SSSR count).